The van der Waals surface area contributed by atoms with Gasteiger partial charge in [-0.2, -0.15) is 0 Å². The molecule has 0 atom stereocenters. The van der Waals surface area contributed by atoms with Gasteiger partial charge in [0.15, 0.2) is 5.13 Å². The van der Waals surface area contributed by atoms with Crippen molar-refractivity contribution in [1.29, 1.82) is 0 Å². The fourth-order valence-corrected chi connectivity index (χ4v) is 4.19. The number of hydrogen-bond donors (Lipinski definition) is 1. The summed E-state index contributed by atoms with van der Waals surface area (Å²) in [5.74, 6) is -0.229. The fourth-order valence-electron chi connectivity index (χ4n) is 3.06. The number of nitrogens with one attached hydrogen (secondary N) is 1. The lowest BCUT2D eigenvalue weighted by atomic mass is 10.2. The number of morpholine rings is 1. The number of aromatic nitrogens is 1. The molecular weight excluding hydrogens is 394 g/mol. The Hall–Kier alpha value is -2.25. The number of rotatable bonds is 5. The molecule has 1 amide bonds. The summed E-state index contributed by atoms with van der Waals surface area (Å²) < 4.78 is 6.47. The molecule has 0 bridgehead atoms. The molecule has 3 aromatic rings. The van der Waals surface area contributed by atoms with Crippen LogP contribution >= 0.6 is 22.9 Å². The zero-order chi connectivity index (χ0) is 19.3. The van der Waals surface area contributed by atoms with E-state index in [0.717, 1.165) is 48.6 Å². The molecule has 0 saturated carbocycles. The number of anilines is 1. The average molecular weight is 414 g/mol. The lowest BCUT2D eigenvalue weighted by molar-refractivity contribution is -0.111. The molecule has 4 rings (SSSR count). The van der Waals surface area contributed by atoms with Crippen LogP contribution in [0.2, 0.25) is 5.02 Å². The molecule has 1 aliphatic heterocycles. The standard InChI is InChI=1S/C21H20ClN3O2S/c22-17-4-2-1-3-16(17)6-8-20(26)24-21-23-18-7-5-15(13-19(18)28-21)14-25-9-11-27-12-10-25/h1-8,13H,9-12,14H2,(H,23,24,26)/b8-6+. The van der Waals surface area contributed by atoms with Gasteiger partial charge < -0.3 is 4.74 Å². The Bertz CT molecular complexity index is 1010. The number of amides is 1. The maximum absolute atomic E-state index is 12.2. The molecule has 2 heterocycles. The van der Waals surface area contributed by atoms with Crippen LogP contribution < -0.4 is 5.32 Å². The van der Waals surface area contributed by atoms with E-state index in [4.69, 9.17) is 16.3 Å². The summed E-state index contributed by atoms with van der Waals surface area (Å²) in [4.78, 5) is 19.1. The summed E-state index contributed by atoms with van der Waals surface area (Å²) in [6.45, 7) is 4.40. The van der Waals surface area contributed by atoms with E-state index in [-0.39, 0.29) is 5.91 Å². The van der Waals surface area contributed by atoms with Gasteiger partial charge in [0.1, 0.15) is 0 Å². The number of benzene rings is 2. The minimum Gasteiger partial charge on any atom is -0.379 e. The van der Waals surface area contributed by atoms with Gasteiger partial charge in [-0.15, -0.1) is 0 Å². The number of hydrogen-bond acceptors (Lipinski definition) is 5. The second kappa shape index (κ2) is 8.84. The molecule has 5 nitrogen and oxygen atoms in total. The largest absolute Gasteiger partial charge is 0.379 e. The highest BCUT2D eigenvalue weighted by Gasteiger charge is 2.12. The Morgan fingerprint density at radius 2 is 2.07 bits per heavy atom. The zero-order valence-electron chi connectivity index (χ0n) is 15.2. The van der Waals surface area contributed by atoms with Gasteiger partial charge in [-0.05, 0) is 35.4 Å². The van der Waals surface area contributed by atoms with Gasteiger partial charge in [0.25, 0.3) is 0 Å². The Labute approximate surface area is 172 Å². The van der Waals surface area contributed by atoms with Crippen LogP contribution in [0.1, 0.15) is 11.1 Å². The van der Waals surface area contributed by atoms with Crippen LogP contribution in [0, 0.1) is 0 Å². The maximum Gasteiger partial charge on any atom is 0.250 e. The molecular formula is C21H20ClN3O2S. The monoisotopic (exact) mass is 413 g/mol. The van der Waals surface area contributed by atoms with Crippen LogP contribution in [-0.2, 0) is 16.1 Å². The summed E-state index contributed by atoms with van der Waals surface area (Å²) in [7, 11) is 0. The topological polar surface area (TPSA) is 54.5 Å². The van der Waals surface area contributed by atoms with Crippen molar-refractivity contribution in [3.8, 4) is 0 Å². The summed E-state index contributed by atoms with van der Waals surface area (Å²) in [5, 5.41) is 4.03. The van der Waals surface area contributed by atoms with Crippen molar-refractivity contribution in [1.82, 2.24) is 9.88 Å². The van der Waals surface area contributed by atoms with Gasteiger partial charge in [0.2, 0.25) is 5.91 Å². The van der Waals surface area contributed by atoms with E-state index >= 15 is 0 Å². The maximum atomic E-state index is 12.2. The number of carbonyl (C=O) groups is 1. The van der Waals surface area contributed by atoms with Crippen molar-refractivity contribution < 1.29 is 9.53 Å². The van der Waals surface area contributed by atoms with Gasteiger partial charge in [-0.3, -0.25) is 15.0 Å². The summed E-state index contributed by atoms with van der Waals surface area (Å²) in [6, 6.07) is 13.6. The van der Waals surface area contributed by atoms with Crippen molar-refractivity contribution in [3.05, 3.63) is 64.7 Å². The Balaban J connectivity index is 1.42. The SMILES string of the molecule is O=C(/C=C/c1ccccc1Cl)Nc1nc2ccc(CN3CCOCC3)cc2s1. The first-order valence-electron chi connectivity index (χ1n) is 9.10. The van der Waals surface area contributed by atoms with Gasteiger partial charge in [0, 0.05) is 30.7 Å². The second-order valence-electron chi connectivity index (χ2n) is 6.55. The molecule has 0 spiro atoms. The summed E-state index contributed by atoms with van der Waals surface area (Å²) >= 11 is 7.58. The van der Waals surface area contributed by atoms with Gasteiger partial charge in [0.05, 0.1) is 23.4 Å². The van der Waals surface area contributed by atoms with Crippen LogP contribution in [0.15, 0.2) is 48.5 Å². The molecule has 7 heteroatoms. The Kier molecular flexibility index (Phi) is 6.02. The molecule has 0 unspecified atom stereocenters. The lowest BCUT2D eigenvalue weighted by Gasteiger charge is -2.26. The summed E-state index contributed by atoms with van der Waals surface area (Å²) in [5.41, 5.74) is 2.94. The smallest absolute Gasteiger partial charge is 0.250 e. The number of thiazole rings is 1. The molecule has 1 aromatic heterocycles. The number of nitrogens with zero attached hydrogens (tertiary/aromatic N) is 2. The number of ether oxygens (including phenoxy) is 1. The minimum atomic E-state index is -0.229. The van der Waals surface area contributed by atoms with Crippen molar-refractivity contribution >= 4 is 50.3 Å². The first-order chi connectivity index (χ1) is 13.7. The van der Waals surface area contributed by atoms with E-state index in [2.05, 4.69) is 27.3 Å². The van der Waals surface area contributed by atoms with E-state index in [1.165, 1.54) is 23.0 Å². The predicted octanol–water partition coefficient (Wildman–Crippen LogP) is 4.43. The molecule has 2 aromatic carbocycles. The van der Waals surface area contributed by atoms with E-state index in [0.29, 0.717) is 10.2 Å². The molecule has 1 fully saturated rings. The van der Waals surface area contributed by atoms with E-state index in [9.17, 15) is 4.79 Å². The molecule has 144 valence electrons. The molecule has 1 aliphatic rings. The number of carbonyl (C=O) groups excluding carboxylic acids is 1. The highest BCUT2D eigenvalue weighted by atomic mass is 35.5. The van der Waals surface area contributed by atoms with Crippen LogP contribution in [0.4, 0.5) is 5.13 Å². The van der Waals surface area contributed by atoms with Crippen LogP contribution in [0.25, 0.3) is 16.3 Å². The second-order valence-corrected chi connectivity index (χ2v) is 7.99. The third-order valence-electron chi connectivity index (χ3n) is 4.51. The van der Waals surface area contributed by atoms with Crippen molar-refractivity contribution in [3.63, 3.8) is 0 Å². The van der Waals surface area contributed by atoms with E-state index in [1.807, 2.05) is 24.3 Å². The highest BCUT2D eigenvalue weighted by molar-refractivity contribution is 7.22. The van der Waals surface area contributed by atoms with Gasteiger partial charge in [-0.25, -0.2) is 4.98 Å². The predicted molar refractivity (Wildman–Crippen MR) is 115 cm³/mol. The first kappa shape index (κ1) is 19.1. The highest BCUT2D eigenvalue weighted by Crippen LogP contribution is 2.27. The average Bonchev–Trinajstić information content (AvgIpc) is 3.09. The number of halogens is 1. The summed E-state index contributed by atoms with van der Waals surface area (Å²) in [6.07, 6.45) is 3.17. The van der Waals surface area contributed by atoms with Crippen LogP contribution in [-0.4, -0.2) is 42.1 Å². The zero-order valence-corrected chi connectivity index (χ0v) is 16.8. The third kappa shape index (κ3) is 4.77. The molecule has 1 saturated heterocycles. The molecule has 28 heavy (non-hydrogen) atoms. The van der Waals surface area contributed by atoms with E-state index in [1.54, 1.807) is 12.1 Å². The Morgan fingerprint density at radius 1 is 1.25 bits per heavy atom. The van der Waals surface area contributed by atoms with Crippen molar-refractivity contribution in [2.75, 3.05) is 31.6 Å². The van der Waals surface area contributed by atoms with E-state index < -0.39 is 0 Å². The molecule has 0 radical (unpaired) electrons. The lowest BCUT2D eigenvalue weighted by Crippen LogP contribution is -2.35. The van der Waals surface area contributed by atoms with Gasteiger partial charge in [-0.1, -0.05) is 47.2 Å². The molecule has 0 aliphatic carbocycles. The minimum absolute atomic E-state index is 0.229. The molecule has 1 N–H and O–H groups in total. The fraction of sp³-hybridized carbons (Fsp3) is 0.238. The van der Waals surface area contributed by atoms with Gasteiger partial charge >= 0.3 is 0 Å². The van der Waals surface area contributed by atoms with Crippen LogP contribution in [0.5, 0.6) is 0 Å². The Morgan fingerprint density at radius 3 is 2.89 bits per heavy atom. The normalized spacial score (nSPS) is 15.3. The quantitative estimate of drug-likeness (QED) is 0.628. The van der Waals surface area contributed by atoms with Crippen molar-refractivity contribution in [2.24, 2.45) is 0 Å². The van der Waals surface area contributed by atoms with Crippen molar-refractivity contribution in [2.45, 2.75) is 6.54 Å². The third-order valence-corrected chi connectivity index (χ3v) is 5.79. The number of fused-ring (bicyclic) bond motifs is 1. The first-order valence-corrected chi connectivity index (χ1v) is 10.3. The van der Waals surface area contributed by atoms with Crippen LogP contribution in [0.3, 0.4) is 0 Å².